The third kappa shape index (κ3) is 1.59. The average molecular weight is 217 g/mol. The van der Waals surface area contributed by atoms with E-state index in [1.54, 1.807) is 4.90 Å². The summed E-state index contributed by atoms with van der Waals surface area (Å²) in [6, 6.07) is 0.239. The molecule has 0 saturated carbocycles. The molecule has 0 N–H and O–H groups in total. The lowest BCUT2D eigenvalue weighted by atomic mass is 10.1. The van der Waals surface area contributed by atoms with E-state index in [1.165, 1.54) is 0 Å². The smallest absolute Gasteiger partial charge is 0.242 e. The number of amides is 2. The van der Waals surface area contributed by atoms with Gasteiger partial charge in [0.25, 0.3) is 0 Å². The van der Waals surface area contributed by atoms with E-state index >= 15 is 0 Å². The van der Waals surface area contributed by atoms with E-state index in [0.29, 0.717) is 6.54 Å². The van der Waals surface area contributed by atoms with E-state index in [9.17, 15) is 9.59 Å². The van der Waals surface area contributed by atoms with Crippen molar-refractivity contribution in [3.05, 3.63) is 0 Å². The van der Waals surface area contributed by atoms with Crippen molar-refractivity contribution in [3.63, 3.8) is 0 Å². The Morgan fingerprint density at radius 1 is 1.57 bits per heavy atom. The van der Waals surface area contributed by atoms with Crippen molar-refractivity contribution in [1.29, 1.82) is 0 Å². The number of rotatable bonds is 1. The van der Waals surface area contributed by atoms with Gasteiger partial charge in [-0.3, -0.25) is 9.59 Å². The second kappa shape index (κ2) is 3.77. The number of nitrogens with zero attached hydrogens (tertiary/aromatic N) is 2. The zero-order valence-electron chi connectivity index (χ0n) is 7.91. The van der Waals surface area contributed by atoms with Crippen molar-refractivity contribution in [2.24, 2.45) is 0 Å². The first kappa shape index (κ1) is 9.77. The summed E-state index contributed by atoms with van der Waals surface area (Å²) in [6.07, 6.45) is 2.07. The Morgan fingerprint density at radius 3 is 3.07 bits per heavy atom. The number of piperazine rings is 1. The molecule has 1 atom stereocenters. The van der Waals surface area contributed by atoms with Gasteiger partial charge >= 0.3 is 0 Å². The van der Waals surface area contributed by atoms with Crippen molar-refractivity contribution in [2.75, 3.05) is 25.5 Å². The van der Waals surface area contributed by atoms with Crippen molar-refractivity contribution in [2.45, 2.75) is 18.9 Å². The number of fused-ring (bicyclic) bond motifs is 1. The number of alkyl halides is 1. The van der Waals surface area contributed by atoms with Gasteiger partial charge < -0.3 is 9.80 Å². The number of hydrogen-bond donors (Lipinski definition) is 0. The van der Waals surface area contributed by atoms with Gasteiger partial charge in [0.05, 0.1) is 6.54 Å². The van der Waals surface area contributed by atoms with Crippen molar-refractivity contribution < 1.29 is 9.59 Å². The topological polar surface area (TPSA) is 40.6 Å². The van der Waals surface area contributed by atoms with Crippen molar-refractivity contribution >= 4 is 23.4 Å². The third-order valence-corrected chi connectivity index (χ3v) is 3.15. The van der Waals surface area contributed by atoms with E-state index in [1.807, 2.05) is 4.90 Å². The van der Waals surface area contributed by atoms with Gasteiger partial charge in [-0.15, -0.1) is 11.6 Å². The van der Waals surface area contributed by atoms with Gasteiger partial charge in [0, 0.05) is 19.1 Å². The zero-order chi connectivity index (χ0) is 10.1. The van der Waals surface area contributed by atoms with Gasteiger partial charge in [-0.25, -0.2) is 0 Å². The molecule has 2 rings (SSSR count). The van der Waals surface area contributed by atoms with Gasteiger partial charge in [0.15, 0.2) is 0 Å². The summed E-state index contributed by atoms with van der Waals surface area (Å²) >= 11 is 5.46. The minimum absolute atomic E-state index is 0.0278. The van der Waals surface area contributed by atoms with Crippen molar-refractivity contribution in [3.8, 4) is 0 Å². The van der Waals surface area contributed by atoms with Crippen LogP contribution in [0.2, 0.25) is 0 Å². The SMILES string of the molecule is O=C(CCl)N1CC(=O)N2CCCC2C1. The Labute approximate surface area is 87.8 Å². The molecule has 0 aromatic heterocycles. The summed E-state index contributed by atoms with van der Waals surface area (Å²) in [7, 11) is 0. The molecule has 2 fully saturated rings. The first-order valence-electron chi connectivity index (χ1n) is 4.85. The van der Waals surface area contributed by atoms with Crippen LogP contribution in [0.1, 0.15) is 12.8 Å². The van der Waals surface area contributed by atoms with Gasteiger partial charge in [-0.2, -0.15) is 0 Å². The summed E-state index contributed by atoms with van der Waals surface area (Å²) in [5.74, 6) is -0.0937. The lowest BCUT2D eigenvalue weighted by molar-refractivity contribution is -0.145. The van der Waals surface area contributed by atoms with Crippen LogP contribution in [0.5, 0.6) is 0 Å². The van der Waals surface area contributed by atoms with Crippen LogP contribution in [0.3, 0.4) is 0 Å². The Bertz CT molecular complexity index is 270. The second-order valence-electron chi connectivity index (χ2n) is 3.79. The minimum atomic E-state index is -0.133. The van der Waals surface area contributed by atoms with Crippen LogP contribution in [-0.4, -0.2) is 53.2 Å². The van der Waals surface area contributed by atoms with Crippen LogP contribution in [-0.2, 0) is 9.59 Å². The van der Waals surface area contributed by atoms with Crippen LogP contribution in [0.4, 0.5) is 0 Å². The second-order valence-corrected chi connectivity index (χ2v) is 4.06. The predicted octanol–water partition coefficient (Wildman–Crippen LogP) is 0.0584. The molecule has 1 unspecified atom stereocenters. The molecule has 0 aliphatic carbocycles. The van der Waals surface area contributed by atoms with Crippen LogP contribution in [0, 0.1) is 0 Å². The highest BCUT2D eigenvalue weighted by Gasteiger charge is 2.36. The molecule has 78 valence electrons. The molecule has 2 heterocycles. The maximum atomic E-state index is 11.6. The van der Waals surface area contributed by atoms with Crippen LogP contribution < -0.4 is 0 Å². The summed E-state index contributed by atoms with van der Waals surface area (Å²) in [5.41, 5.74) is 0. The predicted molar refractivity (Wildman–Crippen MR) is 52.0 cm³/mol. The summed E-state index contributed by atoms with van der Waals surface area (Å²) in [4.78, 5) is 26.4. The van der Waals surface area contributed by atoms with E-state index in [0.717, 1.165) is 19.4 Å². The highest BCUT2D eigenvalue weighted by atomic mass is 35.5. The molecule has 14 heavy (non-hydrogen) atoms. The largest absolute Gasteiger partial charge is 0.336 e. The first-order chi connectivity index (χ1) is 6.72. The normalized spacial score (nSPS) is 26.6. The summed E-state index contributed by atoms with van der Waals surface area (Å²) in [5, 5.41) is 0. The molecule has 0 radical (unpaired) electrons. The number of halogens is 1. The molecule has 0 spiro atoms. The monoisotopic (exact) mass is 216 g/mol. The first-order valence-corrected chi connectivity index (χ1v) is 5.39. The molecule has 2 aliphatic rings. The lowest BCUT2D eigenvalue weighted by Crippen LogP contribution is -2.55. The number of carbonyl (C=O) groups excluding carboxylic acids is 2. The van der Waals surface area contributed by atoms with Gasteiger partial charge in [0.2, 0.25) is 11.8 Å². The molecule has 0 aromatic rings. The van der Waals surface area contributed by atoms with Gasteiger partial charge in [-0.1, -0.05) is 0 Å². The van der Waals surface area contributed by atoms with E-state index in [2.05, 4.69) is 0 Å². The molecular formula is C9H13ClN2O2. The molecule has 2 saturated heterocycles. The van der Waals surface area contributed by atoms with Crippen LogP contribution in [0.15, 0.2) is 0 Å². The molecule has 0 aromatic carbocycles. The standard InChI is InChI=1S/C9H13ClN2O2/c10-4-8(13)11-5-7-2-1-3-12(7)9(14)6-11/h7H,1-6H2. The van der Waals surface area contributed by atoms with E-state index < -0.39 is 0 Å². The summed E-state index contributed by atoms with van der Waals surface area (Å²) < 4.78 is 0. The highest BCUT2D eigenvalue weighted by Crippen LogP contribution is 2.22. The average Bonchev–Trinajstić information content (AvgIpc) is 2.64. The van der Waals surface area contributed by atoms with E-state index in [4.69, 9.17) is 11.6 Å². The van der Waals surface area contributed by atoms with E-state index in [-0.39, 0.29) is 30.3 Å². The molecule has 2 aliphatic heterocycles. The highest BCUT2D eigenvalue weighted by molar-refractivity contribution is 6.27. The minimum Gasteiger partial charge on any atom is -0.336 e. The fourth-order valence-corrected chi connectivity index (χ4v) is 2.37. The molecular weight excluding hydrogens is 204 g/mol. The van der Waals surface area contributed by atoms with Crippen molar-refractivity contribution in [1.82, 2.24) is 9.80 Å². The van der Waals surface area contributed by atoms with Crippen LogP contribution in [0.25, 0.3) is 0 Å². The molecule has 0 bridgehead atoms. The Kier molecular flexibility index (Phi) is 2.63. The Hall–Kier alpha value is -0.770. The van der Waals surface area contributed by atoms with Gasteiger partial charge in [0.1, 0.15) is 5.88 Å². The fraction of sp³-hybridized carbons (Fsp3) is 0.778. The third-order valence-electron chi connectivity index (χ3n) is 2.92. The zero-order valence-corrected chi connectivity index (χ0v) is 8.66. The van der Waals surface area contributed by atoms with Gasteiger partial charge in [-0.05, 0) is 12.8 Å². The Morgan fingerprint density at radius 2 is 2.36 bits per heavy atom. The summed E-state index contributed by atoms with van der Waals surface area (Å²) in [6.45, 7) is 1.73. The molecule has 4 nitrogen and oxygen atoms in total. The lowest BCUT2D eigenvalue weighted by Gasteiger charge is -2.36. The van der Waals surface area contributed by atoms with Crippen LogP contribution >= 0.6 is 11.6 Å². The maximum Gasteiger partial charge on any atom is 0.242 e. The quantitative estimate of drug-likeness (QED) is 0.582. The maximum absolute atomic E-state index is 11.6. The Balaban J connectivity index is 2.05. The number of carbonyl (C=O) groups is 2. The molecule has 5 heteroatoms. The number of hydrogen-bond acceptors (Lipinski definition) is 2. The molecule has 2 amide bonds. The fourth-order valence-electron chi connectivity index (χ4n) is 2.20.